The number of nitrogens with two attached hydrogens (primary N) is 1. The van der Waals surface area contributed by atoms with E-state index in [2.05, 4.69) is 4.72 Å². The molecule has 0 aliphatic rings. The Morgan fingerprint density at radius 1 is 1.64 bits per heavy atom. The first kappa shape index (κ1) is 11.9. The summed E-state index contributed by atoms with van der Waals surface area (Å²) in [5.41, 5.74) is 5.31. The Bertz CT molecular complexity index is 402. The van der Waals surface area contributed by atoms with Crippen LogP contribution in [0.3, 0.4) is 0 Å². The van der Waals surface area contributed by atoms with E-state index in [1.54, 1.807) is 13.0 Å². The smallest absolute Gasteiger partial charge is 0.250 e. The van der Waals surface area contributed by atoms with Crippen molar-refractivity contribution >= 4 is 33.0 Å². The van der Waals surface area contributed by atoms with Crippen LogP contribution in [-0.2, 0) is 10.0 Å². The van der Waals surface area contributed by atoms with Crippen molar-refractivity contribution in [2.24, 2.45) is 5.73 Å². The lowest BCUT2D eigenvalue weighted by atomic mass is 10.4. The Labute approximate surface area is 92.1 Å². The minimum atomic E-state index is -3.45. The van der Waals surface area contributed by atoms with Crippen molar-refractivity contribution in [2.45, 2.75) is 17.2 Å². The van der Waals surface area contributed by atoms with Gasteiger partial charge in [-0.2, -0.15) is 0 Å². The molecule has 0 fully saturated rings. The third kappa shape index (κ3) is 2.93. The minimum absolute atomic E-state index is 0.211. The van der Waals surface area contributed by atoms with Crippen molar-refractivity contribution < 1.29 is 8.42 Å². The second-order valence-electron chi connectivity index (χ2n) is 2.82. The molecule has 14 heavy (non-hydrogen) atoms. The van der Waals surface area contributed by atoms with Crippen molar-refractivity contribution in [1.82, 2.24) is 4.72 Å². The van der Waals surface area contributed by atoms with E-state index in [9.17, 15) is 8.42 Å². The Morgan fingerprint density at radius 2 is 2.29 bits per heavy atom. The molecular formula is C7H11ClN2O2S2. The highest BCUT2D eigenvalue weighted by Gasteiger charge is 2.18. The molecule has 0 aliphatic carbocycles. The van der Waals surface area contributed by atoms with Crippen LogP contribution in [0.4, 0.5) is 0 Å². The highest BCUT2D eigenvalue weighted by Crippen LogP contribution is 2.25. The van der Waals surface area contributed by atoms with Crippen LogP contribution in [0.5, 0.6) is 0 Å². The van der Waals surface area contributed by atoms with Gasteiger partial charge in [0.1, 0.15) is 4.21 Å². The summed E-state index contributed by atoms with van der Waals surface area (Å²) in [4.78, 5) is 0. The molecule has 4 nitrogen and oxygen atoms in total. The van der Waals surface area contributed by atoms with Crippen LogP contribution in [0.2, 0.25) is 4.34 Å². The van der Waals surface area contributed by atoms with Gasteiger partial charge in [-0.15, -0.1) is 11.3 Å². The summed E-state index contributed by atoms with van der Waals surface area (Å²) in [7, 11) is -3.45. The first-order valence-electron chi connectivity index (χ1n) is 3.93. The summed E-state index contributed by atoms with van der Waals surface area (Å²) >= 11 is 6.66. The van der Waals surface area contributed by atoms with Crippen LogP contribution < -0.4 is 10.5 Å². The van der Waals surface area contributed by atoms with Crippen LogP contribution >= 0.6 is 22.9 Å². The van der Waals surface area contributed by atoms with Crippen molar-refractivity contribution in [3.63, 3.8) is 0 Å². The SMILES string of the molecule is CC(CN)NS(=O)(=O)c1ccc(Cl)s1. The maximum absolute atomic E-state index is 11.6. The van der Waals surface area contributed by atoms with E-state index in [0.29, 0.717) is 4.34 Å². The van der Waals surface area contributed by atoms with Gasteiger partial charge in [0.05, 0.1) is 4.34 Å². The molecule has 0 saturated carbocycles. The van der Waals surface area contributed by atoms with E-state index in [1.165, 1.54) is 6.07 Å². The number of hydrogen-bond acceptors (Lipinski definition) is 4. The second kappa shape index (κ2) is 4.59. The lowest BCUT2D eigenvalue weighted by Crippen LogP contribution is -2.37. The summed E-state index contributed by atoms with van der Waals surface area (Å²) in [6.45, 7) is 1.96. The molecular weight excluding hydrogens is 244 g/mol. The molecule has 7 heteroatoms. The molecule has 0 saturated heterocycles. The normalized spacial score (nSPS) is 14.2. The molecule has 3 N–H and O–H groups in total. The van der Waals surface area contributed by atoms with Crippen LogP contribution in [-0.4, -0.2) is 21.0 Å². The highest BCUT2D eigenvalue weighted by atomic mass is 35.5. The largest absolute Gasteiger partial charge is 0.329 e. The van der Waals surface area contributed by atoms with Crippen LogP contribution in [0, 0.1) is 0 Å². The Kier molecular flexibility index (Phi) is 3.91. The molecule has 0 aromatic carbocycles. The number of halogens is 1. The van der Waals surface area contributed by atoms with Gasteiger partial charge in [0, 0.05) is 12.6 Å². The highest BCUT2D eigenvalue weighted by molar-refractivity contribution is 7.91. The van der Waals surface area contributed by atoms with Gasteiger partial charge in [0.2, 0.25) is 10.0 Å². The zero-order valence-corrected chi connectivity index (χ0v) is 9.92. The van der Waals surface area contributed by atoms with Crippen molar-refractivity contribution in [3.8, 4) is 0 Å². The Morgan fingerprint density at radius 3 is 2.71 bits per heavy atom. The average molecular weight is 255 g/mol. The van der Waals surface area contributed by atoms with E-state index in [4.69, 9.17) is 17.3 Å². The fourth-order valence-electron chi connectivity index (χ4n) is 0.813. The minimum Gasteiger partial charge on any atom is -0.329 e. The topological polar surface area (TPSA) is 72.2 Å². The fraction of sp³-hybridized carbons (Fsp3) is 0.429. The summed E-state index contributed by atoms with van der Waals surface area (Å²) in [6, 6.07) is 2.74. The number of rotatable bonds is 4. The van der Waals surface area contributed by atoms with E-state index < -0.39 is 10.0 Å². The van der Waals surface area contributed by atoms with Crippen LogP contribution in [0.1, 0.15) is 6.92 Å². The number of nitrogens with one attached hydrogen (secondary N) is 1. The predicted octanol–water partition coefficient (Wildman–Crippen LogP) is 1.03. The summed E-state index contributed by atoms with van der Waals surface area (Å²) in [5, 5.41) is 0. The maximum Gasteiger partial charge on any atom is 0.250 e. The number of thiophene rings is 1. The third-order valence-electron chi connectivity index (χ3n) is 1.52. The quantitative estimate of drug-likeness (QED) is 0.843. The van der Waals surface area contributed by atoms with E-state index in [1.807, 2.05) is 0 Å². The van der Waals surface area contributed by atoms with Gasteiger partial charge in [0.25, 0.3) is 0 Å². The summed E-state index contributed by atoms with van der Waals surface area (Å²) in [6.07, 6.45) is 0. The monoisotopic (exact) mass is 254 g/mol. The van der Waals surface area contributed by atoms with Crippen LogP contribution in [0.15, 0.2) is 16.3 Å². The van der Waals surface area contributed by atoms with Gasteiger partial charge in [-0.3, -0.25) is 0 Å². The Hall–Kier alpha value is -0.140. The van der Waals surface area contributed by atoms with Gasteiger partial charge in [-0.1, -0.05) is 11.6 Å². The van der Waals surface area contributed by atoms with E-state index in [-0.39, 0.29) is 16.8 Å². The van der Waals surface area contributed by atoms with Crippen LogP contribution in [0.25, 0.3) is 0 Å². The molecule has 0 radical (unpaired) electrons. The lowest BCUT2D eigenvalue weighted by molar-refractivity contribution is 0.564. The maximum atomic E-state index is 11.6. The summed E-state index contributed by atoms with van der Waals surface area (Å²) < 4.78 is 26.3. The van der Waals surface area contributed by atoms with Gasteiger partial charge in [-0.05, 0) is 19.1 Å². The zero-order valence-electron chi connectivity index (χ0n) is 7.53. The molecule has 1 rings (SSSR count). The molecule has 1 heterocycles. The lowest BCUT2D eigenvalue weighted by Gasteiger charge is -2.09. The second-order valence-corrected chi connectivity index (χ2v) is 6.47. The molecule has 1 aromatic rings. The molecule has 0 amide bonds. The molecule has 0 aliphatic heterocycles. The van der Waals surface area contributed by atoms with E-state index in [0.717, 1.165) is 11.3 Å². The Balaban J connectivity index is 2.86. The number of sulfonamides is 1. The standard InChI is InChI=1S/C7H11ClN2O2S2/c1-5(4-9)10-14(11,12)7-3-2-6(8)13-7/h2-3,5,10H,4,9H2,1H3. The average Bonchev–Trinajstić information content (AvgIpc) is 2.51. The first-order chi connectivity index (χ1) is 6.45. The fourth-order valence-corrected chi connectivity index (χ4v) is 3.57. The zero-order chi connectivity index (χ0) is 10.8. The molecule has 0 spiro atoms. The third-order valence-corrected chi connectivity index (χ3v) is 4.84. The van der Waals surface area contributed by atoms with Gasteiger partial charge < -0.3 is 5.73 Å². The van der Waals surface area contributed by atoms with Gasteiger partial charge in [0.15, 0.2) is 0 Å². The van der Waals surface area contributed by atoms with Crippen molar-refractivity contribution in [2.75, 3.05) is 6.54 Å². The molecule has 1 atom stereocenters. The van der Waals surface area contributed by atoms with E-state index >= 15 is 0 Å². The van der Waals surface area contributed by atoms with Gasteiger partial charge in [-0.25, -0.2) is 13.1 Å². The predicted molar refractivity (Wildman–Crippen MR) is 58.2 cm³/mol. The van der Waals surface area contributed by atoms with Gasteiger partial charge >= 0.3 is 0 Å². The summed E-state index contributed by atoms with van der Waals surface area (Å²) in [5.74, 6) is 0. The molecule has 1 aromatic heterocycles. The first-order valence-corrected chi connectivity index (χ1v) is 6.61. The van der Waals surface area contributed by atoms with Crippen molar-refractivity contribution in [3.05, 3.63) is 16.5 Å². The number of hydrogen-bond donors (Lipinski definition) is 2. The molecule has 0 bridgehead atoms. The van der Waals surface area contributed by atoms with Crippen molar-refractivity contribution in [1.29, 1.82) is 0 Å². The molecule has 80 valence electrons. The molecule has 1 unspecified atom stereocenters.